The van der Waals surface area contributed by atoms with Crippen LogP contribution in [0.15, 0.2) is 35.1 Å². The van der Waals surface area contributed by atoms with E-state index in [0.717, 1.165) is 27.0 Å². The molecule has 0 saturated heterocycles. The van der Waals surface area contributed by atoms with E-state index in [1.165, 1.54) is 0 Å². The maximum Gasteiger partial charge on any atom is 0.255 e. The summed E-state index contributed by atoms with van der Waals surface area (Å²) in [6.45, 7) is 2.10. The van der Waals surface area contributed by atoms with E-state index in [4.69, 9.17) is 0 Å². The highest BCUT2D eigenvalue weighted by Crippen LogP contribution is 2.22. The van der Waals surface area contributed by atoms with Crippen LogP contribution in [0.1, 0.15) is 16.2 Å². The van der Waals surface area contributed by atoms with Crippen molar-refractivity contribution in [2.24, 2.45) is 0 Å². The Morgan fingerprint density at radius 3 is 3.05 bits per heavy atom. The summed E-state index contributed by atoms with van der Waals surface area (Å²) in [5, 5.41) is 0. The Balaban J connectivity index is 1.87. The van der Waals surface area contributed by atoms with Gasteiger partial charge in [0.05, 0.1) is 12.1 Å². The van der Waals surface area contributed by atoms with Crippen molar-refractivity contribution in [3.63, 3.8) is 0 Å². The molecular weight excluding hydrogens is 421 g/mol. The van der Waals surface area contributed by atoms with Crippen molar-refractivity contribution < 1.29 is 4.79 Å². The number of carbonyl (C=O) groups excluding carboxylic acids is 1. The Bertz CT molecular complexity index is 641. The van der Waals surface area contributed by atoms with Gasteiger partial charge < -0.3 is 9.47 Å². The smallest absolute Gasteiger partial charge is 0.255 e. The molecule has 98 valence electrons. The molecule has 0 unspecified atom stereocenters. The van der Waals surface area contributed by atoms with Crippen molar-refractivity contribution in [2.45, 2.75) is 13.1 Å². The average molecular weight is 432 g/mol. The number of hydrogen-bond donors (Lipinski definition) is 0. The molecule has 19 heavy (non-hydrogen) atoms. The van der Waals surface area contributed by atoms with Crippen molar-refractivity contribution in [1.82, 2.24) is 14.5 Å². The van der Waals surface area contributed by atoms with E-state index in [9.17, 15) is 4.79 Å². The van der Waals surface area contributed by atoms with E-state index >= 15 is 0 Å². The first-order valence-corrected chi connectivity index (χ1v) is 7.76. The molecule has 3 rings (SSSR count). The van der Waals surface area contributed by atoms with Crippen LogP contribution in [-0.2, 0) is 13.1 Å². The first-order chi connectivity index (χ1) is 9.15. The fourth-order valence-corrected chi connectivity index (χ4v) is 3.09. The number of nitrogens with zero attached hydrogens (tertiary/aromatic N) is 3. The zero-order valence-electron chi connectivity index (χ0n) is 10.0. The molecule has 0 N–H and O–H groups in total. The average Bonchev–Trinajstić information content (AvgIpc) is 2.88. The second kappa shape index (κ2) is 5.24. The molecule has 1 aliphatic rings. The van der Waals surface area contributed by atoms with Gasteiger partial charge in [-0.2, -0.15) is 0 Å². The minimum Gasteiger partial charge on any atom is -0.332 e. The molecule has 1 amide bonds. The Labute approximate surface area is 133 Å². The molecule has 0 bridgehead atoms. The van der Waals surface area contributed by atoms with Crippen LogP contribution < -0.4 is 0 Å². The van der Waals surface area contributed by atoms with E-state index in [2.05, 4.69) is 48.1 Å². The van der Waals surface area contributed by atoms with Gasteiger partial charge in [0.25, 0.3) is 5.91 Å². The van der Waals surface area contributed by atoms with Crippen LogP contribution in [0.25, 0.3) is 0 Å². The Morgan fingerprint density at radius 2 is 2.21 bits per heavy atom. The summed E-state index contributed by atoms with van der Waals surface area (Å²) in [5.74, 6) is 1.00. The lowest BCUT2D eigenvalue weighted by Crippen LogP contribution is -2.38. The summed E-state index contributed by atoms with van der Waals surface area (Å²) in [6.07, 6.45) is 3.74. The number of hydrogen-bond acceptors (Lipinski definition) is 2. The van der Waals surface area contributed by atoms with E-state index in [1.807, 2.05) is 29.3 Å². The third kappa shape index (κ3) is 2.55. The molecule has 4 nitrogen and oxygen atoms in total. The number of aromatic nitrogens is 2. The Kier molecular flexibility index (Phi) is 3.62. The molecule has 0 saturated carbocycles. The van der Waals surface area contributed by atoms with Crippen LogP contribution in [0.3, 0.4) is 0 Å². The summed E-state index contributed by atoms with van der Waals surface area (Å²) in [4.78, 5) is 18.7. The fraction of sp³-hybridized carbons (Fsp3) is 0.231. The summed E-state index contributed by atoms with van der Waals surface area (Å²) in [5.41, 5.74) is 0.715. The molecule has 0 atom stereocenters. The lowest BCUT2D eigenvalue weighted by molar-refractivity contribution is 0.0706. The Hall–Kier alpha value is -0.890. The first-order valence-electron chi connectivity index (χ1n) is 5.89. The van der Waals surface area contributed by atoms with Crippen LogP contribution in [0.2, 0.25) is 0 Å². The minimum atomic E-state index is 0.0552. The highest BCUT2D eigenvalue weighted by atomic mass is 127. The number of rotatable bonds is 1. The monoisotopic (exact) mass is 431 g/mol. The predicted molar refractivity (Wildman–Crippen MR) is 83.8 cm³/mol. The van der Waals surface area contributed by atoms with E-state index in [1.54, 1.807) is 6.20 Å². The maximum absolute atomic E-state index is 12.6. The molecule has 1 aromatic carbocycles. The number of benzene rings is 1. The third-order valence-corrected chi connectivity index (χ3v) is 4.55. The normalized spacial score (nSPS) is 14.3. The molecule has 0 fully saturated rings. The topological polar surface area (TPSA) is 38.1 Å². The van der Waals surface area contributed by atoms with Crippen LogP contribution >= 0.6 is 38.5 Å². The summed E-state index contributed by atoms with van der Waals surface area (Å²) < 4.78 is 3.99. The zero-order valence-corrected chi connectivity index (χ0v) is 13.8. The molecule has 0 radical (unpaired) electrons. The number of fused-ring (bicyclic) bond motifs is 1. The third-order valence-electron chi connectivity index (χ3n) is 3.19. The van der Waals surface area contributed by atoms with E-state index in [0.29, 0.717) is 12.1 Å². The minimum absolute atomic E-state index is 0.0552. The SMILES string of the molecule is O=C(c1cc(I)ccc1Br)N1CCn2ccnc2C1. The standard InChI is InChI=1S/C13H11BrIN3O/c14-11-2-1-9(15)7-10(11)13(19)18-6-5-17-4-3-16-12(17)8-18/h1-4,7H,5-6,8H2. The highest BCUT2D eigenvalue weighted by molar-refractivity contribution is 14.1. The van der Waals surface area contributed by atoms with Gasteiger partial charge in [-0.05, 0) is 56.7 Å². The van der Waals surface area contributed by atoms with Gasteiger partial charge in [0.2, 0.25) is 0 Å². The van der Waals surface area contributed by atoms with Crippen molar-refractivity contribution in [1.29, 1.82) is 0 Å². The summed E-state index contributed by atoms with van der Waals surface area (Å²) in [6, 6.07) is 5.80. The van der Waals surface area contributed by atoms with Crippen molar-refractivity contribution in [3.8, 4) is 0 Å². The van der Waals surface area contributed by atoms with E-state index in [-0.39, 0.29) is 5.91 Å². The molecule has 1 aromatic heterocycles. The fourth-order valence-electron chi connectivity index (χ4n) is 2.18. The maximum atomic E-state index is 12.6. The van der Waals surface area contributed by atoms with Crippen LogP contribution in [0.5, 0.6) is 0 Å². The molecule has 0 spiro atoms. The number of imidazole rings is 1. The molecule has 0 aliphatic carbocycles. The predicted octanol–water partition coefficient (Wildman–Crippen LogP) is 2.91. The number of carbonyl (C=O) groups is 1. The zero-order chi connectivity index (χ0) is 13.4. The highest BCUT2D eigenvalue weighted by Gasteiger charge is 2.23. The van der Waals surface area contributed by atoms with Gasteiger partial charge in [0.15, 0.2) is 0 Å². The van der Waals surface area contributed by atoms with Crippen LogP contribution in [0, 0.1) is 3.57 Å². The second-order valence-corrected chi connectivity index (χ2v) is 6.49. The van der Waals surface area contributed by atoms with Gasteiger partial charge >= 0.3 is 0 Å². The van der Waals surface area contributed by atoms with Crippen LogP contribution in [-0.4, -0.2) is 26.9 Å². The van der Waals surface area contributed by atoms with Gasteiger partial charge in [-0.1, -0.05) is 0 Å². The molecule has 6 heteroatoms. The molecule has 1 aliphatic heterocycles. The lowest BCUT2D eigenvalue weighted by Gasteiger charge is -2.28. The largest absolute Gasteiger partial charge is 0.332 e. The van der Waals surface area contributed by atoms with Gasteiger partial charge in [0.1, 0.15) is 5.82 Å². The van der Waals surface area contributed by atoms with Crippen LogP contribution in [0.4, 0.5) is 0 Å². The van der Waals surface area contributed by atoms with Gasteiger partial charge in [-0.25, -0.2) is 4.98 Å². The number of amides is 1. The quantitative estimate of drug-likeness (QED) is 0.651. The first kappa shape index (κ1) is 13.1. The summed E-state index contributed by atoms with van der Waals surface area (Å²) >= 11 is 5.67. The Morgan fingerprint density at radius 1 is 1.37 bits per heavy atom. The second-order valence-electron chi connectivity index (χ2n) is 4.39. The molecular formula is C13H11BrIN3O. The molecule has 2 heterocycles. The van der Waals surface area contributed by atoms with Gasteiger partial charge in [-0.15, -0.1) is 0 Å². The van der Waals surface area contributed by atoms with Gasteiger partial charge in [-0.3, -0.25) is 4.79 Å². The molecule has 2 aromatic rings. The van der Waals surface area contributed by atoms with Crippen molar-refractivity contribution >= 4 is 44.4 Å². The number of halogens is 2. The van der Waals surface area contributed by atoms with Gasteiger partial charge in [0, 0.05) is 33.5 Å². The van der Waals surface area contributed by atoms with Crippen molar-refractivity contribution in [2.75, 3.05) is 6.54 Å². The summed E-state index contributed by atoms with van der Waals surface area (Å²) in [7, 11) is 0. The lowest BCUT2D eigenvalue weighted by atomic mass is 10.2. The van der Waals surface area contributed by atoms with E-state index < -0.39 is 0 Å². The van der Waals surface area contributed by atoms with Crippen molar-refractivity contribution in [3.05, 3.63) is 50.0 Å².